The zero-order chi connectivity index (χ0) is 13.8. The fraction of sp³-hybridized carbons (Fsp3) is 0.438. The summed E-state index contributed by atoms with van der Waals surface area (Å²) in [4.78, 5) is 13.8. The van der Waals surface area contributed by atoms with Gasteiger partial charge in [-0.1, -0.05) is 24.3 Å². The van der Waals surface area contributed by atoms with Crippen LogP contribution in [0.25, 0.3) is 0 Å². The van der Waals surface area contributed by atoms with Crippen molar-refractivity contribution >= 4 is 11.7 Å². The number of aryl methyl sites for hydroxylation is 1. The number of carbonyl (C=O) groups is 1. The minimum atomic E-state index is -0.252. The molecule has 0 fully saturated rings. The summed E-state index contributed by atoms with van der Waals surface area (Å²) in [5.41, 5.74) is 3.35. The second-order valence-electron chi connectivity index (χ2n) is 5.05. The fourth-order valence-corrected chi connectivity index (χ4v) is 2.52. The average molecular weight is 259 g/mol. The van der Waals surface area contributed by atoms with Crippen molar-refractivity contribution in [2.24, 2.45) is 0 Å². The number of hydrogen-bond donors (Lipinski definition) is 0. The van der Waals surface area contributed by atoms with Crippen LogP contribution in [0.1, 0.15) is 25.8 Å². The highest BCUT2D eigenvalue weighted by molar-refractivity contribution is 5.87. The first kappa shape index (κ1) is 13.7. The molecule has 0 bridgehead atoms. The molecule has 19 heavy (non-hydrogen) atoms. The molecule has 0 aromatic heterocycles. The van der Waals surface area contributed by atoms with E-state index in [1.54, 1.807) is 6.92 Å². The van der Waals surface area contributed by atoms with Gasteiger partial charge in [0.25, 0.3) is 0 Å². The monoisotopic (exact) mass is 259 g/mol. The van der Waals surface area contributed by atoms with E-state index in [0.717, 1.165) is 19.4 Å². The number of anilines is 1. The summed E-state index contributed by atoms with van der Waals surface area (Å²) in [5.74, 6) is -0.252. The lowest BCUT2D eigenvalue weighted by atomic mass is 9.96. The van der Waals surface area contributed by atoms with Crippen molar-refractivity contribution in [3.8, 4) is 0 Å². The molecule has 0 amide bonds. The van der Waals surface area contributed by atoms with Gasteiger partial charge in [-0.15, -0.1) is 0 Å². The number of benzene rings is 1. The predicted octanol–water partition coefficient (Wildman–Crippen LogP) is 2.95. The highest BCUT2D eigenvalue weighted by atomic mass is 16.5. The number of esters is 1. The Bertz CT molecular complexity index is 493. The van der Waals surface area contributed by atoms with Crippen molar-refractivity contribution in [3.05, 3.63) is 41.5 Å². The van der Waals surface area contributed by atoms with Crippen LogP contribution >= 0.6 is 0 Å². The average Bonchev–Trinajstić information content (AvgIpc) is 2.45. The fourth-order valence-electron chi connectivity index (χ4n) is 2.52. The van der Waals surface area contributed by atoms with E-state index < -0.39 is 0 Å². The third kappa shape index (κ3) is 2.98. The zero-order valence-electron chi connectivity index (χ0n) is 11.8. The van der Waals surface area contributed by atoms with Gasteiger partial charge in [0.15, 0.2) is 0 Å². The van der Waals surface area contributed by atoms with Gasteiger partial charge < -0.3 is 9.64 Å². The topological polar surface area (TPSA) is 29.5 Å². The number of methoxy groups -OCH3 is 1. The first-order chi connectivity index (χ1) is 9.13. The van der Waals surface area contributed by atoms with Crippen molar-refractivity contribution in [1.82, 2.24) is 0 Å². The Labute approximate surface area is 114 Å². The largest absolute Gasteiger partial charge is 0.466 e. The smallest absolute Gasteiger partial charge is 0.333 e. The lowest BCUT2D eigenvalue weighted by Gasteiger charge is -2.36. The summed E-state index contributed by atoms with van der Waals surface area (Å²) in [6.45, 7) is 4.78. The standard InChI is InChI=1S/C16H21NO2/c1-12(16(18)19-3)10-11-17-13(2)8-9-14-6-4-5-7-15(14)17/h4-7,10,13H,8-9,11H2,1-3H3. The maximum absolute atomic E-state index is 11.4. The van der Waals surface area contributed by atoms with Gasteiger partial charge >= 0.3 is 5.97 Å². The maximum atomic E-state index is 11.4. The third-order valence-electron chi connectivity index (χ3n) is 3.77. The number of para-hydroxylation sites is 1. The number of nitrogens with zero attached hydrogens (tertiary/aromatic N) is 1. The molecule has 2 rings (SSSR count). The molecule has 1 aliphatic heterocycles. The minimum absolute atomic E-state index is 0.252. The summed E-state index contributed by atoms with van der Waals surface area (Å²) in [7, 11) is 1.42. The van der Waals surface area contributed by atoms with E-state index in [2.05, 4.69) is 36.1 Å². The Balaban J connectivity index is 2.18. The number of ether oxygens (including phenoxy) is 1. The Morgan fingerprint density at radius 3 is 2.95 bits per heavy atom. The van der Waals surface area contributed by atoms with Crippen molar-refractivity contribution in [3.63, 3.8) is 0 Å². The first-order valence-corrected chi connectivity index (χ1v) is 6.73. The maximum Gasteiger partial charge on any atom is 0.333 e. The van der Waals surface area contributed by atoms with Gasteiger partial charge in [0.1, 0.15) is 0 Å². The summed E-state index contributed by atoms with van der Waals surface area (Å²) < 4.78 is 4.72. The molecule has 3 heteroatoms. The molecular formula is C16H21NO2. The molecule has 1 aliphatic rings. The highest BCUT2D eigenvalue weighted by Gasteiger charge is 2.21. The molecule has 1 atom stereocenters. The number of hydrogen-bond acceptors (Lipinski definition) is 3. The molecule has 1 unspecified atom stereocenters. The quantitative estimate of drug-likeness (QED) is 0.617. The number of carbonyl (C=O) groups excluding carboxylic acids is 1. The molecule has 1 heterocycles. The van der Waals surface area contributed by atoms with Crippen molar-refractivity contribution < 1.29 is 9.53 Å². The normalized spacial score (nSPS) is 19.0. The van der Waals surface area contributed by atoms with Crippen LogP contribution in [-0.2, 0) is 16.0 Å². The molecule has 0 aliphatic carbocycles. The minimum Gasteiger partial charge on any atom is -0.466 e. The van der Waals surface area contributed by atoms with E-state index in [1.807, 2.05) is 6.08 Å². The molecule has 0 radical (unpaired) electrons. The molecule has 102 valence electrons. The summed E-state index contributed by atoms with van der Waals surface area (Å²) >= 11 is 0. The number of rotatable bonds is 3. The van der Waals surface area contributed by atoms with Crippen LogP contribution in [-0.4, -0.2) is 25.7 Å². The second kappa shape index (κ2) is 5.91. The summed E-state index contributed by atoms with van der Waals surface area (Å²) in [6, 6.07) is 9.00. The molecule has 0 saturated carbocycles. The lowest BCUT2D eigenvalue weighted by Crippen LogP contribution is -2.37. The SMILES string of the molecule is COC(=O)C(C)=CCN1c2ccccc2CCC1C. The van der Waals surface area contributed by atoms with Gasteiger partial charge in [-0.25, -0.2) is 4.79 Å². The Morgan fingerprint density at radius 2 is 2.21 bits per heavy atom. The first-order valence-electron chi connectivity index (χ1n) is 6.73. The van der Waals surface area contributed by atoms with Crippen LogP contribution < -0.4 is 4.90 Å². The van der Waals surface area contributed by atoms with E-state index in [1.165, 1.54) is 18.4 Å². The predicted molar refractivity (Wildman–Crippen MR) is 77.3 cm³/mol. The molecule has 3 nitrogen and oxygen atoms in total. The van der Waals surface area contributed by atoms with Gasteiger partial charge in [0, 0.05) is 23.8 Å². The van der Waals surface area contributed by atoms with Gasteiger partial charge in [-0.2, -0.15) is 0 Å². The lowest BCUT2D eigenvalue weighted by molar-refractivity contribution is -0.136. The van der Waals surface area contributed by atoms with Gasteiger partial charge in [-0.3, -0.25) is 0 Å². The van der Waals surface area contributed by atoms with Crippen LogP contribution in [0.15, 0.2) is 35.9 Å². The third-order valence-corrected chi connectivity index (χ3v) is 3.77. The van der Waals surface area contributed by atoms with Gasteiger partial charge in [0.2, 0.25) is 0 Å². The molecule has 1 aromatic rings. The summed E-state index contributed by atoms with van der Waals surface area (Å²) in [6.07, 6.45) is 4.24. The molecule has 0 N–H and O–H groups in total. The highest BCUT2D eigenvalue weighted by Crippen LogP contribution is 2.30. The van der Waals surface area contributed by atoms with E-state index in [9.17, 15) is 4.79 Å². The van der Waals surface area contributed by atoms with E-state index >= 15 is 0 Å². The van der Waals surface area contributed by atoms with Gasteiger partial charge in [-0.05, 0) is 38.3 Å². The van der Waals surface area contributed by atoms with E-state index in [4.69, 9.17) is 4.74 Å². The van der Waals surface area contributed by atoms with Crippen LogP contribution in [0.5, 0.6) is 0 Å². The second-order valence-corrected chi connectivity index (χ2v) is 5.05. The Morgan fingerprint density at radius 1 is 1.47 bits per heavy atom. The van der Waals surface area contributed by atoms with Crippen molar-refractivity contribution in [1.29, 1.82) is 0 Å². The van der Waals surface area contributed by atoms with E-state index in [0.29, 0.717) is 11.6 Å². The van der Waals surface area contributed by atoms with Crippen molar-refractivity contribution in [2.75, 3.05) is 18.6 Å². The van der Waals surface area contributed by atoms with Crippen LogP contribution in [0.2, 0.25) is 0 Å². The number of fused-ring (bicyclic) bond motifs is 1. The van der Waals surface area contributed by atoms with Crippen LogP contribution in [0.3, 0.4) is 0 Å². The van der Waals surface area contributed by atoms with Gasteiger partial charge in [0.05, 0.1) is 7.11 Å². The molecular weight excluding hydrogens is 238 g/mol. The van der Waals surface area contributed by atoms with Crippen molar-refractivity contribution in [2.45, 2.75) is 32.7 Å². The van der Waals surface area contributed by atoms with Crippen LogP contribution in [0.4, 0.5) is 5.69 Å². The Hall–Kier alpha value is -1.77. The molecule has 0 spiro atoms. The molecule has 0 saturated heterocycles. The molecule has 1 aromatic carbocycles. The Kier molecular flexibility index (Phi) is 4.25. The van der Waals surface area contributed by atoms with E-state index in [-0.39, 0.29) is 5.97 Å². The summed E-state index contributed by atoms with van der Waals surface area (Å²) in [5, 5.41) is 0. The zero-order valence-corrected chi connectivity index (χ0v) is 11.8. The van der Waals surface area contributed by atoms with Crippen LogP contribution in [0, 0.1) is 0 Å².